The molecular formula is C62H41N5O. The second-order valence-corrected chi connectivity index (χ2v) is 18.5. The van der Waals surface area contributed by atoms with Crippen LogP contribution in [0.2, 0.25) is 0 Å². The molecule has 1 aliphatic rings. The van der Waals surface area contributed by atoms with Crippen LogP contribution in [0, 0.1) is 0 Å². The molecule has 6 nitrogen and oxygen atoms in total. The third-order valence-corrected chi connectivity index (χ3v) is 14.4. The van der Waals surface area contributed by atoms with E-state index in [0.29, 0.717) is 17.7 Å². The Kier molecular flexibility index (Phi) is 8.08. The number of benzene rings is 9. The maximum Gasteiger partial charge on any atom is 0.240 e. The largest absolute Gasteiger partial charge is 0.464 e. The van der Waals surface area contributed by atoms with Crippen LogP contribution in [0.1, 0.15) is 30.5 Å². The third kappa shape index (κ3) is 5.49. The molecule has 0 radical (unpaired) electrons. The minimum absolute atomic E-state index is 0.103. The summed E-state index contributed by atoms with van der Waals surface area (Å²) in [5.41, 5.74) is 16.3. The fraction of sp³-hybridized carbons (Fsp3) is 0.0484. The maximum atomic E-state index is 6.08. The van der Waals surface area contributed by atoms with Crippen molar-refractivity contribution >= 4 is 71.4 Å². The van der Waals surface area contributed by atoms with E-state index in [9.17, 15) is 0 Å². The first kappa shape index (κ1) is 38.4. The van der Waals surface area contributed by atoms with Gasteiger partial charge in [0.25, 0.3) is 0 Å². The molecule has 0 N–H and O–H groups in total. The molecule has 1 aliphatic carbocycles. The van der Waals surface area contributed by atoms with Crippen LogP contribution in [0.15, 0.2) is 205 Å². The fourth-order valence-corrected chi connectivity index (χ4v) is 11.2. The number of aromatic nitrogens is 5. The zero-order chi connectivity index (χ0) is 45.3. The van der Waals surface area contributed by atoms with Crippen LogP contribution < -0.4 is 0 Å². The second-order valence-electron chi connectivity index (χ2n) is 18.5. The van der Waals surface area contributed by atoms with Gasteiger partial charge < -0.3 is 4.42 Å². The Morgan fingerprint density at radius 2 is 1.12 bits per heavy atom. The van der Waals surface area contributed by atoms with E-state index in [1.807, 2.05) is 12.1 Å². The first-order valence-electron chi connectivity index (χ1n) is 23.1. The summed E-state index contributed by atoms with van der Waals surface area (Å²) in [6.07, 6.45) is 3.56. The molecule has 14 rings (SSSR count). The topological polar surface area (TPSA) is 61.7 Å². The van der Waals surface area contributed by atoms with Crippen LogP contribution in [-0.4, -0.2) is 24.1 Å². The summed E-state index contributed by atoms with van der Waals surface area (Å²) in [6.45, 7) is 8.69. The van der Waals surface area contributed by atoms with Gasteiger partial charge in [0, 0.05) is 49.0 Å². The van der Waals surface area contributed by atoms with Gasteiger partial charge in [0.2, 0.25) is 11.9 Å². The molecular weight excluding hydrogens is 831 g/mol. The quantitative estimate of drug-likeness (QED) is 0.167. The van der Waals surface area contributed by atoms with E-state index in [-0.39, 0.29) is 5.41 Å². The van der Waals surface area contributed by atoms with Crippen molar-refractivity contribution in [2.75, 3.05) is 0 Å². The molecule has 4 aromatic heterocycles. The van der Waals surface area contributed by atoms with Crippen LogP contribution in [0.4, 0.5) is 0 Å². The number of rotatable bonds is 6. The molecule has 0 aliphatic heterocycles. The summed E-state index contributed by atoms with van der Waals surface area (Å²) >= 11 is 0. The summed E-state index contributed by atoms with van der Waals surface area (Å²) in [5, 5.41) is 7.83. The monoisotopic (exact) mass is 871 g/mol. The van der Waals surface area contributed by atoms with Crippen molar-refractivity contribution in [1.82, 2.24) is 24.1 Å². The molecule has 68 heavy (non-hydrogen) atoms. The van der Waals surface area contributed by atoms with Crippen LogP contribution in [-0.2, 0) is 5.41 Å². The average molecular weight is 872 g/mol. The van der Waals surface area contributed by atoms with Crippen LogP contribution in [0.3, 0.4) is 0 Å². The molecule has 4 heterocycles. The SMILES string of the molecule is C=Cc1coc2cc(-c3nc(-n4c5ccccc5c5ccccc54)nc(-n4c5ccc6ccccc6c5c5cccc(-c6cccc(-c7ccc8c(c7)C(C)(C)c7ccccc7-8)c6)c54)n3)ccc12. The molecule has 0 saturated heterocycles. The van der Waals surface area contributed by atoms with E-state index in [0.717, 1.165) is 82.4 Å². The molecule has 0 fully saturated rings. The lowest BCUT2D eigenvalue weighted by molar-refractivity contribution is 0.615. The average Bonchev–Trinajstić information content (AvgIpc) is 4.13. The maximum absolute atomic E-state index is 6.08. The molecule has 320 valence electrons. The van der Waals surface area contributed by atoms with Gasteiger partial charge in [-0.25, -0.2) is 0 Å². The molecule has 0 bridgehead atoms. The van der Waals surface area contributed by atoms with Crippen LogP contribution >= 0.6 is 0 Å². The molecule has 0 unspecified atom stereocenters. The lowest BCUT2D eigenvalue weighted by Gasteiger charge is -2.22. The highest BCUT2D eigenvalue weighted by molar-refractivity contribution is 6.23. The van der Waals surface area contributed by atoms with Gasteiger partial charge in [-0.3, -0.25) is 9.13 Å². The van der Waals surface area contributed by atoms with Gasteiger partial charge in [-0.05, 0) is 92.2 Å². The third-order valence-electron chi connectivity index (χ3n) is 14.4. The minimum Gasteiger partial charge on any atom is -0.464 e. The van der Waals surface area contributed by atoms with Gasteiger partial charge in [0.1, 0.15) is 5.58 Å². The van der Waals surface area contributed by atoms with Crippen LogP contribution in [0.25, 0.3) is 128 Å². The van der Waals surface area contributed by atoms with Crippen molar-refractivity contribution in [1.29, 1.82) is 0 Å². The predicted octanol–water partition coefficient (Wildman–Crippen LogP) is 15.9. The van der Waals surface area contributed by atoms with Crippen LogP contribution in [0.5, 0.6) is 0 Å². The second kappa shape index (κ2) is 14.3. The summed E-state index contributed by atoms with van der Waals surface area (Å²) in [4.78, 5) is 16.3. The Morgan fingerprint density at radius 3 is 1.94 bits per heavy atom. The number of hydrogen-bond donors (Lipinski definition) is 0. The predicted molar refractivity (Wildman–Crippen MR) is 280 cm³/mol. The van der Waals surface area contributed by atoms with Gasteiger partial charge in [0.15, 0.2) is 5.82 Å². The lowest BCUT2D eigenvalue weighted by atomic mass is 9.81. The van der Waals surface area contributed by atoms with E-state index < -0.39 is 0 Å². The fourth-order valence-electron chi connectivity index (χ4n) is 11.2. The first-order valence-corrected chi connectivity index (χ1v) is 23.1. The number of nitrogens with zero attached hydrogens (tertiary/aromatic N) is 5. The Labute approximate surface area is 391 Å². The van der Waals surface area contributed by atoms with Crippen molar-refractivity contribution in [2.24, 2.45) is 0 Å². The highest BCUT2D eigenvalue weighted by Gasteiger charge is 2.35. The zero-order valence-corrected chi connectivity index (χ0v) is 37.4. The van der Waals surface area contributed by atoms with E-state index in [1.54, 1.807) is 6.26 Å². The van der Waals surface area contributed by atoms with Crippen molar-refractivity contribution in [2.45, 2.75) is 19.3 Å². The van der Waals surface area contributed by atoms with E-state index in [4.69, 9.17) is 19.4 Å². The molecule has 6 heteroatoms. The molecule has 0 saturated carbocycles. The summed E-state index contributed by atoms with van der Waals surface area (Å²) in [6, 6.07) is 67.6. The normalized spacial score (nSPS) is 13.0. The van der Waals surface area contributed by atoms with E-state index >= 15 is 0 Å². The van der Waals surface area contributed by atoms with E-state index in [2.05, 4.69) is 212 Å². The molecule has 13 aromatic rings. The summed E-state index contributed by atoms with van der Waals surface area (Å²) in [5.74, 6) is 1.56. The number of hydrogen-bond acceptors (Lipinski definition) is 4. The standard InChI is InChI=1S/C62H41N5O/c1-4-37-36-68-56-35-42(28-30-43(37)56)59-63-60(66-53-25-11-8-20-48(53)49-21-9-12-26-54(49)66)65-61(64-59)67-55-32-29-38-15-5-6-18-44(38)57(55)50-23-14-22-45(58(50)67)41-17-13-16-39(33-41)40-27-31-47-46-19-7-10-24-51(46)62(2,3)52(47)34-40/h4-36H,1H2,2-3H3. The number of furan rings is 1. The number of para-hydroxylation sites is 3. The Balaban J connectivity index is 1.04. The minimum atomic E-state index is -0.103. The summed E-state index contributed by atoms with van der Waals surface area (Å²) in [7, 11) is 0. The molecule has 9 aromatic carbocycles. The van der Waals surface area contributed by atoms with Gasteiger partial charge in [-0.1, -0.05) is 172 Å². The Bertz CT molecular complexity index is 4220. The van der Waals surface area contributed by atoms with Gasteiger partial charge >= 0.3 is 0 Å². The Hall–Kier alpha value is -8.87. The van der Waals surface area contributed by atoms with Crippen molar-refractivity contribution < 1.29 is 4.42 Å². The molecule has 0 atom stereocenters. The van der Waals surface area contributed by atoms with E-state index in [1.165, 1.54) is 38.6 Å². The van der Waals surface area contributed by atoms with Crippen molar-refractivity contribution in [3.05, 3.63) is 218 Å². The highest BCUT2D eigenvalue weighted by Crippen LogP contribution is 2.50. The lowest BCUT2D eigenvalue weighted by Crippen LogP contribution is -2.14. The zero-order valence-electron chi connectivity index (χ0n) is 37.4. The van der Waals surface area contributed by atoms with Gasteiger partial charge in [0.05, 0.1) is 28.3 Å². The smallest absolute Gasteiger partial charge is 0.240 e. The molecule has 0 amide bonds. The molecule has 0 spiro atoms. The first-order chi connectivity index (χ1) is 33.4. The van der Waals surface area contributed by atoms with Gasteiger partial charge in [-0.15, -0.1) is 0 Å². The Morgan fingerprint density at radius 1 is 0.471 bits per heavy atom. The van der Waals surface area contributed by atoms with Crippen molar-refractivity contribution in [3.63, 3.8) is 0 Å². The van der Waals surface area contributed by atoms with Crippen molar-refractivity contribution in [3.8, 4) is 56.7 Å². The summed E-state index contributed by atoms with van der Waals surface area (Å²) < 4.78 is 10.5. The highest BCUT2D eigenvalue weighted by atomic mass is 16.3. The number of fused-ring (bicyclic) bond motifs is 12. The van der Waals surface area contributed by atoms with Gasteiger partial charge in [-0.2, -0.15) is 15.0 Å².